The molecular weight excluding hydrogens is 346 g/mol. The number of thioether (sulfide) groups is 1. The highest BCUT2D eigenvalue weighted by molar-refractivity contribution is 7.99. The van der Waals surface area contributed by atoms with E-state index < -0.39 is 0 Å². The Morgan fingerprint density at radius 3 is 2.62 bits per heavy atom. The zero-order chi connectivity index (χ0) is 18.9. The molecule has 1 atom stereocenters. The van der Waals surface area contributed by atoms with E-state index in [0.29, 0.717) is 11.8 Å². The van der Waals surface area contributed by atoms with Crippen molar-refractivity contribution in [2.75, 3.05) is 19.8 Å². The van der Waals surface area contributed by atoms with Crippen LogP contribution in [0.1, 0.15) is 77.1 Å². The summed E-state index contributed by atoms with van der Waals surface area (Å²) < 4.78 is 2.22. The van der Waals surface area contributed by atoms with E-state index in [4.69, 9.17) is 0 Å². The Hall–Kier alpha value is -1.08. The molecule has 0 radical (unpaired) electrons. The lowest BCUT2D eigenvalue weighted by Crippen LogP contribution is -2.37. The van der Waals surface area contributed by atoms with Crippen molar-refractivity contribution in [2.24, 2.45) is 0 Å². The van der Waals surface area contributed by atoms with Crippen LogP contribution < -0.4 is 5.32 Å². The van der Waals surface area contributed by atoms with Crippen molar-refractivity contribution in [2.45, 2.75) is 89.0 Å². The van der Waals surface area contributed by atoms with Gasteiger partial charge in [0.05, 0.1) is 11.8 Å². The first-order valence-electron chi connectivity index (χ1n) is 10.1. The van der Waals surface area contributed by atoms with E-state index in [1.165, 1.54) is 31.0 Å². The highest BCUT2D eigenvalue weighted by atomic mass is 32.2. The van der Waals surface area contributed by atoms with Gasteiger partial charge in [0.2, 0.25) is 5.91 Å². The van der Waals surface area contributed by atoms with E-state index >= 15 is 0 Å². The fourth-order valence-corrected chi connectivity index (χ4v) is 4.39. The molecule has 1 heterocycles. The first-order chi connectivity index (χ1) is 12.6. The number of nitrogens with one attached hydrogen (secondary N) is 1. The average Bonchev–Trinajstić information content (AvgIpc) is 3.02. The maximum absolute atomic E-state index is 12.3. The predicted molar refractivity (Wildman–Crippen MR) is 107 cm³/mol. The third-order valence-electron chi connectivity index (χ3n) is 5.09. The van der Waals surface area contributed by atoms with Crippen molar-refractivity contribution < 1.29 is 4.79 Å². The summed E-state index contributed by atoms with van der Waals surface area (Å²) in [5, 5.41) is 12.9. The van der Waals surface area contributed by atoms with Crippen LogP contribution in [0.3, 0.4) is 0 Å². The first-order valence-corrected chi connectivity index (χ1v) is 11.1. The second-order valence-electron chi connectivity index (χ2n) is 7.42. The van der Waals surface area contributed by atoms with Gasteiger partial charge in [-0.05, 0) is 39.8 Å². The predicted octanol–water partition coefficient (Wildman–Crippen LogP) is 3.63. The van der Waals surface area contributed by atoms with Crippen molar-refractivity contribution in [3.63, 3.8) is 0 Å². The maximum Gasteiger partial charge on any atom is 0.230 e. The molecule has 26 heavy (non-hydrogen) atoms. The third kappa shape index (κ3) is 5.98. The molecule has 1 aliphatic carbocycles. The lowest BCUT2D eigenvalue weighted by molar-refractivity contribution is -0.119. The lowest BCUT2D eigenvalue weighted by atomic mass is 9.95. The lowest BCUT2D eigenvalue weighted by Gasteiger charge is -2.23. The largest absolute Gasteiger partial charge is 0.353 e. The molecule has 1 fully saturated rings. The second-order valence-corrected chi connectivity index (χ2v) is 8.37. The molecule has 0 aromatic carbocycles. The Labute approximate surface area is 162 Å². The van der Waals surface area contributed by atoms with Gasteiger partial charge in [0.1, 0.15) is 0 Å². The zero-order valence-electron chi connectivity index (χ0n) is 16.8. The molecule has 0 spiro atoms. The number of aromatic nitrogens is 3. The fraction of sp³-hybridized carbons (Fsp3) is 0.842. The number of unbranched alkanes of at least 4 members (excludes halogenated alkanes) is 1. The topological polar surface area (TPSA) is 63.1 Å². The van der Waals surface area contributed by atoms with Gasteiger partial charge in [-0.25, -0.2) is 0 Å². The summed E-state index contributed by atoms with van der Waals surface area (Å²) >= 11 is 1.51. The van der Waals surface area contributed by atoms with Crippen molar-refractivity contribution >= 4 is 17.7 Å². The average molecular weight is 382 g/mol. The molecule has 1 aromatic heterocycles. The minimum atomic E-state index is 0.119. The fourth-order valence-electron chi connectivity index (χ4n) is 3.60. The van der Waals surface area contributed by atoms with Crippen LogP contribution in [0.5, 0.6) is 0 Å². The number of hydrogen-bond donors (Lipinski definition) is 1. The quantitative estimate of drug-likeness (QED) is 0.627. The summed E-state index contributed by atoms with van der Waals surface area (Å²) in [4.78, 5) is 14.5. The summed E-state index contributed by atoms with van der Waals surface area (Å²) in [6.07, 6.45) is 9.21. The number of carbonyl (C=O) groups is 1. The summed E-state index contributed by atoms with van der Waals surface area (Å²) in [6, 6.07) is 0.619. The Kier molecular flexibility index (Phi) is 8.91. The normalized spacial score (nSPS) is 16.8. The Balaban J connectivity index is 2.00. The van der Waals surface area contributed by atoms with Gasteiger partial charge in [0.15, 0.2) is 11.0 Å². The summed E-state index contributed by atoms with van der Waals surface area (Å²) in [6.45, 7) is 5.28. The molecule has 0 aliphatic heterocycles. The molecule has 1 amide bonds. The molecule has 6 nitrogen and oxygen atoms in total. The maximum atomic E-state index is 12.3. The van der Waals surface area contributed by atoms with Gasteiger partial charge in [0, 0.05) is 12.6 Å². The number of carbonyl (C=O) groups excluding carboxylic acids is 1. The molecule has 0 bridgehead atoms. The van der Waals surface area contributed by atoms with Gasteiger partial charge in [-0.15, -0.1) is 10.2 Å². The van der Waals surface area contributed by atoms with Crippen LogP contribution in [-0.4, -0.2) is 51.5 Å². The molecule has 148 valence electrons. The van der Waals surface area contributed by atoms with Crippen LogP contribution in [-0.2, 0) is 11.3 Å². The van der Waals surface area contributed by atoms with E-state index in [0.717, 1.165) is 49.6 Å². The minimum absolute atomic E-state index is 0.119. The summed E-state index contributed by atoms with van der Waals surface area (Å²) in [5.74, 6) is 1.55. The molecule has 1 N–H and O–H groups in total. The SMILES string of the molecule is CCCCn1c(SCC(=O)NC2CCCCC2)nnc1[C@@H](CC)N(C)C. The Morgan fingerprint density at radius 2 is 2.00 bits per heavy atom. The molecule has 1 saturated carbocycles. The molecule has 1 aromatic rings. The van der Waals surface area contributed by atoms with E-state index in [-0.39, 0.29) is 11.9 Å². The van der Waals surface area contributed by atoms with Crippen LogP contribution in [0.2, 0.25) is 0 Å². The van der Waals surface area contributed by atoms with Gasteiger partial charge in [-0.2, -0.15) is 0 Å². The van der Waals surface area contributed by atoms with Gasteiger partial charge >= 0.3 is 0 Å². The summed E-state index contributed by atoms with van der Waals surface area (Å²) in [7, 11) is 4.16. The van der Waals surface area contributed by atoms with Crippen LogP contribution >= 0.6 is 11.8 Å². The van der Waals surface area contributed by atoms with Gasteiger partial charge in [-0.3, -0.25) is 9.69 Å². The van der Waals surface area contributed by atoms with Crippen LogP contribution in [0.15, 0.2) is 5.16 Å². The van der Waals surface area contributed by atoms with E-state index in [1.807, 2.05) is 0 Å². The molecule has 1 aliphatic rings. The Morgan fingerprint density at radius 1 is 1.27 bits per heavy atom. The molecular formula is C19H35N5OS. The van der Waals surface area contributed by atoms with E-state index in [2.05, 4.69) is 52.9 Å². The van der Waals surface area contributed by atoms with Crippen molar-refractivity contribution in [3.8, 4) is 0 Å². The third-order valence-corrected chi connectivity index (χ3v) is 6.06. The van der Waals surface area contributed by atoms with E-state index in [1.54, 1.807) is 0 Å². The summed E-state index contributed by atoms with van der Waals surface area (Å²) in [5.41, 5.74) is 0. The molecule has 0 saturated heterocycles. The number of hydrogen-bond acceptors (Lipinski definition) is 5. The van der Waals surface area contributed by atoms with Gasteiger partial charge < -0.3 is 9.88 Å². The highest BCUT2D eigenvalue weighted by Crippen LogP contribution is 2.26. The van der Waals surface area contributed by atoms with Crippen molar-refractivity contribution in [1.82, 2.24) is 25.0 Å². The Bertz CT molecular complexity index is 554. The molecule has 0 unspecified atom stereocenters. The number of rotatable bonds is 10. The standard InChI is InChI=1S/C19H35N5OS/c1-5-7-13-24-18(16(6-2)23(3)4)21-22-19(24)26-14-17(25)20-15-11-9-8-10-12-15/h15-16H,5-14H2,1-4H3,(H,20,25)/t16-/m1/s1. The first kappa shape index (κ1) is 21.2. The second kappa shape index (κ2) is 10.9. The highest BCUT2D eigenvalue weighted by Gasteiger charge is 2.22. The van der Waals surface area contributed by atoms with Gasteiger partial charge in [-0.1, -0.05) is 51.3 Å². The minimum Gasteiger partial charge on any atom is -0.353 e. The smallest absolute Gasteiger partial charge is 0.230 e. The van der Waals surface area contributed by atoms with Crippen LogP contribution in [0.4, 0.5) is 0 Å². The monoisotopic (exact) mass is 381 g/mol. The van der Waals surface area contributed by atoms with Crippen LogP contribution in [0.25, 0.3) is 0 Å². The molecule has 7 heteroatoms. The van der Waals surface area contributed by atoms with Crippen molar-refractivity contribution in [1.29, 1.82) is 0 Å². The molecule has 2 rings (SSSR count). The van der Waals surface area contributed by atoms with E-state index in [9.17, 15) is 4.79 Å². The van der Waals surface area contributed by atoms with Crippen LogP contribution in [0, 0.1) is 0 Å². The zero-order valence-corrected chi connectivity index (χ0v) is 17.6. The number of amides is 1. The van der Waals surface area contributed by atoms with Gasteiger partial charge in [0.25, 0.3) is 0 Å². The number of nitrogens with zero attached hydrogens (tertiary/aromatic N) is 4. The van der Waals surface area contributed by atoms with Crippen molar-refractivity contribution in [3.05, 3.63) is 5.82 Å².